The van der Waals surface area contributed by atoms with Crippen molar-refractivity contribution in [2.24, 2.45) is 0 Å². The molecule has 0 amide bonds. The summed E-state index contributed by atoms with van der Waals surface area (Å²) in [5, 5.41) is 10.3. The van der Waals surface area contributed by atoms with Gasteiger partial charge in [0, 0.05) is 0 Å². The molecule has 1 N–H and O–H groups in total. The average molecular weight is 238 g/mol. The van der Waals surface area contributed by atoms with Crippen molar-refractivity contribution in [2.75, 3.05) is 0 Å². The molecule has 0 aromatic heterocycles. The second-order valence-corrected chi connectivity index (χ2v) is 10.6. The van der Waals surface area contributed by atoms with Gasteiger partial charge < -0.3 is 5.11 Å². The first-order valence-corrected chi connectivity index (χ1v) is 9.77. The molecule has 2 heteroatoms. The highest BCUT2D eigenvalue weighted by Gasteiger charge is 2.27. The van der Waals surface area contributed by atoms with Gasteiger partial charge in [-0.05, 0) is 25.3 Å². The SMILES string of the molecule is C=CC[Si](C)(C)/C=C/CC1(O)CCCCC1. The smallest absolute Gasteiger partial charge is 0.0750 e. The zero-order chi connectivity index (χ0) is 12.1. The van der Waals surface area contributed by atoms with Crippen LogP contribution in [0.2, 0.25) is 19.1 Å². The first-order chi connectivity index (χ1) is 7.47. The second kappa shape index (κ2) is 5.83. The monoisotopic (exact) mass is 238 g/mol. The van der Waals surface area contributed by atoms with Crippen LogP contribution in [0.1, 0.15) is 38.5 Å². The van der Waals surface area contributed by atoms with Gasteiger partial charge in [0.25, 0.3) is 0 Å². The van der Waals surface area contributed by atoms with Gasteiger partial charge >= 0.3 is 0 Å². The second-order valence-electron chi connectivity index (χ2n) is 5.87. The third-order valence-corrected chi connectivity index (χ3v) is 6.00. The summed E-state index contributed by atoms with van der Waals surface area (Å²) in [4.78, 5) is 0. The fourth-order valence-corrected chi connectivity index (χ4v) is 4.09. The maximum atomic E-state index is 10.3. The highest BCUT2D eigenvalue weighted by molar-refractivity contribution is 6.82. The van der Waals surface area contributed by atoms with Gasteiger partial charge in [-0.15, -0.1) is 6.58 Å². The topological polar surface area (TPSA) is 20.2 Å². The molecule has 0 spiro atoms. The Hall–Kier alpha value is -0.343. The van der Waals surface area contributed by atoms with Crippen LogP contribution < -0.4 is 0 Å². The van der Waals surface area contributed by atoms with Crippen molar-refractivity contribution in [2.45, 2.75) is 63.3 Å². The van der Waals surface area contributed by atoms with Crippen molar-refractivity contribution >= 4 is 8.07 Å². The number of hydrogen-bond donors (Lipinski definition) is 1. The van der Waals surface area contributed by atoms with E-state index in [4.69, 9.17) is 0 Å². The van der Waals surface area contributed by atoms with Crippen LogP contribution in [0.4, 0.5) is 0 Å². The lowest BCUT2D eigenvalue weighted by atomic mass is 9.83. The number of rotatable bonds is 5. The van der Waals surface area contributed by atoms with Gasteiger partial charge in [-0.2, -0.15) is 0 Å². The van der Waals surface area contributed by atoms with Crippen LogP contribution in [0.15, 0.2) is 24.4 Å². The standard InChI is InChI=1S/C14H26OSi/c1-4-12-16(2,3)13-8-11-14(15)9-6-5-7-10-14/h4,8,13,15H,1,5-7,9-12H2,2-3H3/b13-8+. The molecule has 92 valence electrons. The minimum Gasteiger partial charge on any atom is -0.390 e. The summed E-state index contributed by atoms with van der Waals surface area (Å²) >= 11 is 0. The largest absolute Gasteiger partial charge is 0.390 e. The third-order valence-electron chi connectivity index (χ3n) is 3.52. The van der Waals surface area contributed by atoms with Gasteiger partial charge in [0.05, 0.1) is 13.7 Å². The predicted octanol–water partition coefficient (Wildman–Crippen LogP) is 4.06. The zero-order valence-electron chi connectivity index (χ0n) is 10.8. The quantitative estimate of drug-likeness (QED) is 0.565. The summed E-state index contributed by atoms with van der Waals surface area (Å²) in [5.74, 6) is 0. The van der Waals surface area contributed by atoms with Gasteiger partial charge in [-0.25, -0.2) is 0 Å². The highest BCUT2D eigenvalue weighted by Crippen LogP contribution is 2.31. The van der Waals surface area contributed by atoms with Crippen molar-refractivity contribution in [3.05, 3.63) is 24.4 Å². The van der Waals surface area contributed by atoms with E-state index in [-0.39, 0.29) is 0 Å². The number of aliphatic hydroxyl groups is 1. The third kappa shape index (κ3) is 4.66. The van der Waals surface area contributed by atoms with Gasteiger partial charge in [0.15, 0.2) is 0 Å². The van der Waals surface area contributed by atoms with E-state index in [1.807, 2.05) is 6.08 Å². The van der Waals surface area contributed by atoms with E-state index in [9.17, 15) is 5.11 Å². The molecule has 0 bridgehead atoms. The van der Waals surface area contributed by atoms with Crippen LogP contribution in [0, 0.1) is 0 Å². The van der Waals surface area contributed by atoms with Crippen molar-refractivity contribution in [1.29, 1.82) is 0 Å². The Balaban J connectivity index is 2.43. The summed E-state index contributed by atoms with van der Waals surface area (Å²) in [6.45, 7) is 8.50. The molecule has 1 aliphatic rings. The Labute approximate surface area is 101 Å². The molecular formula is C14H26OSi. The van der Waals surface area contributed by atoms with E-state index < -0.39 is 13.7 Å². The molecule has 1 nitrogen and oxygen atoms in total. The maximum absolute atomic E-state index is 10.3. The van der Waals surface area contributed by atoms with E-state index in [2.05, 4.69) is 31.4 Å². The van der Waals surface area contributed by atoms with Crippen molar-refractivity contribution < 1.29 is 5.11 Å². The lowest BCUT2D eigenvalue weighted by Gasteiger charge is -2.31. The molecule has 1 saturated carbocycles. The van der Waals surface area contributed by atoms with Crippen LogP contribution in [0.3, 0.4) is 0 Å². The van der Waals surface area contributed by atoms with Gasteiger partial charge in [-0.3, -0.25) is 0 Å². The minimum atomic E-state index is -1.23. The van der Waals surface area contributed by atoms with E-state index >= 15 is 0 Å². The molecule has 0 atom stereocenters. The average Bonchev–Trinajstić information content (AvgIpc) is 2.17. The summed E-state index contributed by atoms with van der Waals surface area (Å²) in [7, 11) is -1.23. The molecule has 0 heterocycles. The van der Waals surface area contributed by atoms with Gasteiger partial charge in [0.2, 0.25) is 0 Å². The van der Waals surface area contributed by atoms with Crippen LogP contribution >= 0.6 is 0 Å². The molecule has 0 aromatic carbocycles. The predicted molar refractivity (Wildman–Crippen MR) is 74.3 cm³/mol. The molecule has 1 aliphatic carbocycles. The van der Waals surface area contributed by atoms with Crippen molar-refractivity contribution in [3.63, 3.8) is 0 Å². The summed E-state index contributed by atoms with van der Waals surface area (Å²) in [6.07, 6.45) is 10.7. The normalized spacial score (nSPS) is 21.2. The van der Waals surface area contributed by atoms with Gasteiger partial charge in [0.1, 0.15) is 0 Å². The van der Waals surface area contributed by atoms with Crippen LogP contribution in [-0.2, 0) is 0 Å². The number of allylic oxidation sites excluding steroid dienone is 1. The Bertz CT molecular complexity index is 249. The lowest BCUT2D eigenvalue weighted by Crippen LogP contribution is -2.31. The molecule has 0 aliphatic heterocycles. The molecule has 16 heavy (non-hydrogen) atoms. The van der Waals surface area contributed by atoms with Crippen LogP contribution in [0.5, 0.6) is 0 Å². The summed E-state index contributed by atoms with van der Waals surface area (Å²) < 4.78 is 0. The molecule has 0 saturated heterocycles. The zero-order valence-corrected chi connectivity index (χ0v) is 11.8. The first-order valence-electron chi connectivity index (χ1n) is 6.48. The number of hydrogen-bond acceptors (Lipinski definition) is 1. The Morgan fingerprint density at radius 1 is 1.25 bits per heavy atom. The van der Waals surface area contributed by atoms with E-state index in [1.54, 1.807) is 0 Å². The molecule has 0 unspecified atom stereocenters. The maximum Gasteiger partial charge on any atom is 0.0750 e. The lowest BCUT2D eigenvalue weighted by molar-refractivity contribution is 0.00698. The van der Waals surface area contributed by atoms with E-state index in [0.29, 0.717) is 0 Å². The van der Waals surface area contributed by atoms with Crippen molar-refractivity contribution in [3.8, 4) is 0 Å². The molecular weight excluding hydrogens is 212 g/mol. The summed E-state index contributed by atoms with van der Waals surface area (Å²) in [5.41, 5.74) is 1.97. The Morgan fingerprint density at radius 3 is 2.44 bits per heavy atom. The molecule has 1 rings (SSSR count). The van der Waals surface area contributed by atoms with Crippen molar-refractivity contribution in [1.82, 2.24) is 0 Å². The Morgan fingerprint density at radius 2 is 1.88 bits per heavy atom. The highest BCUT2D eigenvalue weighted by atomic mass is 28.3. The minimum absolute atomic E-state index is 0.395. The molecule has 1 fully saturated rings. The summed E-state index contributed by atoms with van der Waals surface area (Å²) in [6, 6.07) is 1.13. The van der Waals surface area contributed by atoms with E-state index in [1.165, 1.54) is 19.3 Å². The first kappa shape index (κ1) is 13.7. The molecule has 0 aromatic rings. The van der Waals surface area contributed by atoms with Gasteiger partial charge in [-0.1, -0.05) is 50.2 Å². The fraction of sp³-hybridized carbons (Fsp3) is 0.714. The van der Waals surface area contributed by atoms with Crippen LogP contribution in [0.25, 0.3) is 0 Å². The molecule has 0 radical (unpaired) electrons. The Kier molecular flexibility index (Phi) is 5.00. The van der Waals surface area contributed by atoms with Crippen LogP contribution in [-0.4, -0.2) is 18.8 Å². The fourth-order valence-electron chi connectivity index (χ4n) is 2.45. The van der Waals surface area contributed by atoms with E-state index in [0.717, 1.165) is 25.3 Å².